The number of rotatable bonds is 25. The number of hydrogen-bond donors (Lipinski definition) is 0. The predicted molar refractivity (Wildman–Crippen MR) is 245 cm³/mol. The monoisotopic (exact) mass is 883 g/mol. The Hall–Kier alpha value is -7.19. The van der Waals surface area contributed by atoms with Gasteiger partial charge in [0.25, 0.3) is 0 Å². The molecule has 14 heteroatoms. The number of thiazole rings is 1. The number of carbonyl (C=O) groups excluding carboxylic acids is 4. The maximum atomic E-state index is 13.5. The Labute approximate surface area is 375 Å². The third-order valence-electron chi connectivity index (χ3n) is 9.76. The summed E-state index contributed by atoms with van der Waals surface area (Å²) in [6, 6.07) is 30.0. The standard InChI is InChI=1S/C50H49N3O10S/c1-3-46(54)60-31-13-7-5-11-29-58-38-22-17-35(18-23-38)48(56)62-40-26-27-41-37(33-40)21-28-44(42(41)34-51-53-50-52-43-15-9-10-16-45(43)64-50)63-49(57)36-19-24-39(25-20-36)59-30-12-6-8-14-32-61-47(55)4-2/h3-4,9-10,15-28,33H,1-2,5-8,11-14,29-32,34H2. The van der Waals surface area contributed by atoms with Gasteiger partial charge in [-0.2, -0.15) is 5.11 Å². The van der Waals surface area contributed by atoms with Crippen LogP contribution in [-0.4, -0.2) is 55.3 Å². The van der Waals surface area contributed by atoms with E-state index in [1.807, 2.05) is 24.3 Å². The second kappa shape index (κ2) is 24.4. The first-order valence-electron chi connectivity index (χ1n) is 21.1. The van der Waals surface area contributed by atoms with Gasteiger partial charge in [0, 0.05) is 17.7 Å². The smallest absolute Gasteiger partial charge is 0.343 e. The lowest BCUT2D eigenvalue weighted by Crippen LogP contribution is -2.10. The topological polar surface area (TPSA) is 161 Å². The molecule has 0 saturated heterocycles. The lowest BCUT2D eigenvalue weighted by molar-refractivity contribution is -0.138. The molecular weight excluding hydrogens is 835 g/mol. The Kier molecular flexibility index (Phi) is 17.7. The fourth-order valence-electron chi connectivity index (χ4n) is 6.40. The molecule has 330 valence electrons. The van der Waals surface area contributed by atoms with Crippen LogP contribution in [0.2, 0.25) is 0 Å². The number of ether oxygens (including phenoxy) is 6. The number of para-hydroxylation sites is 1. The lowest BCUT2D eigenvalue weighted by atomic mass is 10.0. The number of benzene rings is 5. The van der Waals surface area contributed by atoms with E-state index in [9.17, 15) is 19.2 Å². The van der Waals surface area contributed by atoms with E-state index in [0.29, 0.717) is 71.2 Å². The van der Waals surface area contributed by atoms with Crippen LogP contribution in [0.15, 0.2) is 139 Å². The second-order valence-corrected chi connectivity index (χ2v) is 15.4. The average Bonchev–Trinajstić information content (AvgIpc) is 3.74. The lowest BCUT2D eigenvalue weighted by Gasteiger charge is -2.13. The number of unbranched alkanes of at least 4 members (excludes halogenated alkanes) is 6. The summed E-state index contributed by atoms with van der Waals surface area (Å²) < 4.78 is 34.4. The van der Waals surface area contributed by atoms with Gasteiger partial charge in [-0.1, -0.05) is 48.8 Å². The van der Waals surface area contributed by atoms with Gasteiger partial charge in [-0.15, -0.1) is 5.11 Å². The Morgan fingerprint density at radius 3 is 1.72 bits per heavy atom. The first kappa shape index (κ1) is 46.3. The first-order valence-corrected chi connectivity index (χ1v) is 21.9. The summed E-state index contributed by atoms with van der Waals surface area (Å²) in [5.74, 6) is -0.0175. The van der Waals surface area contributed by atoms with Crippen molar-refractivity contribution in [3.8, 4) is 23.0 Å². The summed E-state index contributed by atoms with van der Waals surface area (Å²) in [6.07, 6.45) is 9.20. The zero-order chi connectivity index (χ0) is 44.9. The van der Waals surface area contributed by atoms with E-state index in [2.05, 4.69) is 28.4 Å². The van der Waals surface area contributed by atoms with Crippen LogP contribution in [0.25, 0.3) is 21.0 Å². The summed E-state index contributed by atoms with van der Waals surface area (Å²) in [5, 5.41) is 10.8. The molecule has 0 saturated carbocycles. The highest BCUT2D eigenvalue weighted by atomic mass is 32.1. The number of fused-ring (bicyclic) bond motifs is 2. The van der Waals surface area contributed by atoms with Crippen molar-refractivity contribution < 1.29 is 47.6 Å². The molecule has 0 aliphatic rings. The summed E-state index contributed by atoms with van der Waals surface area (Å²) >= 11 is 1.42. The van der Waals surface area contributed by atoms with Crippen LogP contribution in [0.5, 0.6) is 23.0 Å². The van der Waals surface area contributed by atoms with Crippen LogP contribution in [0.4, 0.5) is 5.13 Å². The van der Waals surface area contributed by atoms with Crippen molar-refractivity contribution in [2.75, 3.05) is 26.4 Å². The Balaban J connectivity index is 1.06. The fourth-order valence-corrected chi connectivity index (χ4v) is 7.21. The molecule has 0 radical (unpaired) electrons. The van der Waals surface area contributed by atoms with Crippen LogP contribution in [0, 0.1) is 0 Å². The molecule has 0 amide bonds. The maximum Gasteiger partial charge on any atom is 0.343 e. The highest BCUT2D eigenvalue weighted by molar-refractivity contribution is 7.21. The van der Waals surface area contributed by atoms with Crippen molar-refractivity contribution in [3.63, 3.8) is 0 Å². The summed E-state index contributed by atoms with van der Waals surface area (Å²) in [6.45, 7) is 8.61. The molecule has 0 bridgehead atoms. The van der Waals surface area contributed by atoms with Crippen LogP contribution >= 0.6 is 11.3 Å². The molecule has 1 aromatic heterocycles. The second-order valence-electron chi connectivity index (χ2n) is 14.4. The highest BCUT2D eigenvalue weighted by Gasteiger charge is 2.17. The van der Waals surface area contributed by atoms with Crippen molar-refractivity contribution >= 4 is 61.3 Å². The van der Waals surface area contributed by atoms with Gasteiger partial charge in [0.15, 0.2) is 0 Å². The van der Waals surface area contributed by atoms with E-state index in [1.165, 1.54) is 11.3 Å². The predicted octanol–water partition coefficient (Wildman–Crippen LogP) is 11.5. The van der Waals surface area contributed by atoms with Gasteiger partial charge < -0.3 is 28.4 Å². The van der Waals surface area contributed by atoms with Gasteiger partial charge in [0.2, 0.25) is 5.13 Å². The van der Waals surface area contributed by atoms with Crippen molar-refractivity contribution in [1.82, 2.24) is 4.98 Å². The number of azo groups is 1. The van der Waals surface area contributed by atoms with Gasteiger partial charge in [-0.25, -0.2) is 24.2 Å². The number of nitrogens with zero attached hydrogens (tertiary/aromatic N) is 3. The maximum absolute atomic E-state index is 13.5. The summed E-state index contributed by atoms with van der Waals surface area (Å²) in [5.41, 5.74) is 2.13. The minimum Gasteiger partial charge on any atom is -0.494 e. The Bertz CT molecular complexity index is 2540. The molecule has 0 atom stereocenters. The van der Waals surface area contributed by atoms with Crippen molar-refractivity contribution in [3.05, 3.63) is 145 Å². The molecule has 13 nitrogen and oxygen atoms in total. The third kappa shape index (κ3) is 14.2. The first-order chi connectivity index (χ1) is 31.3. The average molecular weight is 884 g/mol. The van der Waals surface area contributed by atoms with Gasteiger partial charge in [-0.3, -0.25) is 0 Å². The van der Waals surface area contributed by atoms with Gasteiger partial charge >= 0.3 is 23.9 Å². The zero-order valence-electron chi connectivity index (χ0n) is 35.4. The fraction of sp³-hybridized carbons (Fsp3) is 0.260. The Morgan fingerprint density at radius 1 is 0.594 bits per heavy atom. The van der Waals surface area contributed by atoms with Crippen LogP contribution in [0.3, 0.4) is 0 Å². The van der Waals surface area contributed by atoms with Gasteiger partial charge in [0.05, 0.1) is 54.3 Å². The Morgan fingerprint density at radius 2 is 1.14 bits per heavy atom. The minimum atomic E-state index is -0.560. The van der Waals surface area contributed by atoms with E-state index in [4.69, 9.17) is 28.4 Å². The zero-order valence-corrected chi connectivity index (χ0v) is 36.2. The number of esters is 4. The molecular formula is C50H49N3O10S. The van der Waals surface area contributed by atoms with Crippen LogP contribution in [-0.2, 0) is 25.6 Å². The van der Waals surface area contributed by atoms with Gasteiger partial charge in [-0.05, 0) is 141 Å². The molecule has 0 spiro atoms. The van der Waals surface area contributed by atoms with Gasteiger partial charge in [0.1, 0.15) is 23.0 Å². The largest absolute Gasteiger partial charge is 0.494 e. The van der Waals surface area contributed by atoms with Crippen molar-refractivity contribution in [2.24, 2.45) is 10.2 Å². The highest BCUT2D eigenvalue weighted by Crippen LogP contribution is 2.34. The molecule has 6 rings (SSSR count). The van der Waals surface area contributed by atoms with Crippen molar-refractivity contribution in [2.45, 2.75) is 57.9 Å². The SMILES string of the molecule is C=CC(=O)OCCCCCCOc1ccc(C(=O)Oc2ccc3c(CN=Nc4nc5ccccc5s4)c(OC(=O)c4ccc(OCCCCCCOC(=O)C=C)cc4)ccc3c2)cc1. The minimum absolute atomic E-state index is 0.0728. The summed E-state index contributed by atoms with van der Waals surface area (Å²) in [4.78, 5) is 53.5. The molecule has 64 heavy (non-hydrogen) atoms. The van der Waals surface area contributed by atoms with Crippen molar-refractivity contribution in [1.29, 1.82) is 0 Å². The van der Waals surface area contributed by atoms with Crippen LogP contribution in [0.1, 0.15) is 77.6 Å². The number of carbonyl (C=O) groups is 4. The van der Waals surface area contributed by atoms with E-state index in [0.717, 1.165) is 84.5 Å². The van der Waals surface area contributed by atoms with E-state index in [-0.39, 0.29) is 6.54 Å². The van der Waals surface area contributed by atoms with E-state index >= 15 is 0 Å². The molecule has 6 aromatic rings. The molecule has 0 fully saturated rings. The molecule has 0 N–H and O–H groups in total. The number of aromatic nitrogens is 1. The van der Waals surface area contributed by atoms with E-state index in [1.54, 1.807) is 78.9 Å². The normalized spacial score (nSPS) is 11.0. The quantitative estimate of drug-likeness (QED) is 0.0177. The molecule has 5 aromatic carbocycles. The molecule has 1 heterocycles. The third-order valence-corrected chi connectivity index (χ3v) is 10.7. The molecule has 0 aliphatic carbocycles. The number of hydrogen-bond acceptors (Lipinski definition) is 14. The van der Waals surface area contributed by atoms with E-state index < -0.39 is 23.9 Å². The summed E-state index contributed by atoms with van der Waals surface area (Å²) in [7, 11) is 0. The van der Waals surface area contributed by atoms with Crippen LogP contribution < -0.4 is 18.9 Å². The molecule has 0 unspecified atom stereocenters. The molecule has 0 aliphatic heterocycles.